The number of nitrogens with zero attached hydrogens (tertiary/aromatic N) is 2. The van der Waals surface area contributed by atoms with Crippen LogP contribution in [0, 0.1) is 0 Å². The number of alkyl halides is 1. The van der Waals surface area contributed by atoms with Gasteiger partial charge in [0.15, 0.2) is 9.84 Å². The highest BCUT2D eigenvalue weighted by Gasteiger charge is 2.37. The molecule has 1 aliphatic heterocycles. The molecule has 112 valence electrons. The second kappa shape index (κ2) is 5.73. The molecular weight excluding hydrogens is 302 g/mol. The van der Waals surface area contributed by atoms with Crippen LogP contribution in [-0.4, -0.2) is 47.0 Å². The van der Waals surface area contributed by atoms with E-state index in [0.29, 0.717) is 12.2 Å². The predicted octanol–water partition coefficient (Wildman–Crippen LogP) is 0.600. The highest BCUT2D eigenvalue weighted by Crippen LogP contribution is 2.18. The molecule has 1 aliphatic rings. The van der Waals surface area contributed by atoms with Crippen LogP contribution in [0.1, 0.15) is 30.0 Å². The Balaban J connectivity index is 2.14. The molecule has 0 aliphatic carbocycles. The maximum atomic E-state index is 12.2. The van der Waals surface area contributed by atoms with Gasteiger partial charge in [0.2, 0.25) is 0 Å². The zero-order chi connectivity index (χ0) is 14.9. The first-order chi connectivity index (χ1) is 9.36. The maximum Gasteiger partial charge on any atom is 0.269 e. The number of hydrogen-bond acceptors (Lipinski definition) is 4. The van der Waals surface area contributed by atoms with Gasteiger partial charge in [0.05, 0.1) is 28.6 Å². The van der Waals surface area contributed by atoms with Gasteiger partial charge < -0.3 is 5.32 Å². The quantitative estimate of drug-likeness (QED) is 0.824. The normalized spacial score (nSPS) is 24.8. The van der Waals surface area contributed by atoms with Crippen molar-refractivity contribution in [2.45, 2.75) is 38.2 Å². The summed E-state index contributed by atoms with van der Waals surface area (Å²) in [6, 6.07) is 1.19. The molecule has 0 spiro atoms. The second-order valence-corrected chi connectivity index (χ2v) is 7.58. The van der Waals surface area contributed by atoms with Gasteiger partial charge in [0.1, 0.15) is 5.69 Å². The smallest absolute Gasteiger partial charge is 0.269 e. The lowest BCUT2D eigenvalue weighted by Crippen LogP contribution is -2.41. The molecule has 0 saturated carbocycles. The molecule has 1 aromatic rings. The first-order valence-electron chi connectivity index (χ1n) is 6.58. The minimum atomic E-state index is -3.16. The lowest BCUT2D eigenvalue weighted by atomic mass is 10.2. The van der Waals surface area contributed by atoms with Gasteiger partial charge in [-0.05, 0) is 19.4 Å². The van der Waals surface area contributed by atoms with E-state index in [1.807, 2.05) is 13.8 Å². The van der Waals surface area contributed by atoms with Gasteiger partial charge in [-0.15, -0.1) is 11.6 Å². The SMILES string of the molecule is CCc1cc(C(=O)NC2CS(=O)(=O)CC2Cl)n(CC)n1. The topological polar surface area (TPSA) is 81.1 Å². The molecule has 1 saturated heterocycles. The number of nitrogens with one attached hydrogen (secondary N) is 1. The highest BCUT2D eigenvalue weighted by atomic mass is 35.5. The third kappa shape index (κ3) is 3.15. The third-order valence-electron chi connectivity index (χ3n) is 3.32. The highest BCUT2D eigenvalue weighted by molar-refractivity contribution is 7.91. The zero-order valence-corrected chi connectivity index (χ0v) is 13.0. The largest absolute Gasteiger partial charge is 0.345 e. The Kier molecular flexibility index (Phi) is 4.39. The van der Waals surface area contributed by atoms with Crippen LogP contribution in [0.15, 0.2) is 6.07 Å². The van der Waals surface area contributed by atoms with Crippen LogP contribution in [-0.2, 0) is 22.8 Å². The van der Waals surface area contributed by atoms with E-state index in [4.69, 9.17) is 11.6 Å². The molecule has 1 N–H and O–H groups in total. The number of aromatic nitrogens is 2. The molecular formula is C12H18ClN3O3S. The minimum absolute atomic E-state index is 0.0905. The fraction of sp³-hybridized carbons (Fsp3) is 0.667. The molecule has 0 radical (unpaired) electrons. The first kappa shape index (κ1) is 15.3. The van der Waals surface area contributed by atoms with E-state index < -0.39 is 21.3 Å². The van der Waals surface area contributed by atoms with Crippen molar-refractivity contribution in [3.8, 4) is 0 Å². The Labute approximate surface area is 123 Å². The molecule has 6 nitrogen and oxygen atoms in total. The number of carbonyl (C=O) groups is 1. The van der Waals surface area contributed by atoms with Gasteiger partial charge in [0, 0.05) is 6.54 Å². The molecule has 2 atom stereocenters. The van der Waals surface area contributed by atoms with Crippen molar-refractivity contribution in [1.82, 2.24) is 15.1 Å². The summed E-state index contributed by atoms with van der Waals surface area (Å²) in [6.07, 6.45) is 0.739. The molecule has 1 fully saturated rings. The summed E-state index contributed by atoms with van der Waals surface area (Å²) >= 11 is 5.98. The summed E-state index contributed by atoms with van der Waals surface area (Å²) < 4.78 is 24.6. The van der Waals surface area contributed by atoms with Crippen molar-refractivity contribution in [3.63, 3.8) is 0 Å². The van der Waals surface area contributed by atoms with Crippen LogP contribution in [0.4, 0.5) is 0 Å². The van der Waals surface area contributed by atoms with Crippen LogP contribution < -0.4 is 5.32 Å². The van der Waals surface area contributed by atoms with Crippen LogP contribution in [0.5, 0.6) is 0 Å². The average molecular weight is 320 g/mol. The van der Waals surface area contributed by atoms with Gasteiger partial charge in [-0.1, -0.05) is 6.92 Å². The Morgan fingerprint density at radius 1 is 1.50 bits per heavy atom. The predicted molar refractivity (Wildman–Crippen MR) is 76.8 cm³/mol. The molecule has 8 heteroatoms. The molecule has 1 amide bonds. The minimum Gasteiger partial charge on any atom is -0.345 e. The second-order valence-electron chi connectivity index (χ2n) is 4.86. The molecule has 20 heavy (non-hydrogen) atoms. The van der Waals surface area contributed by atoms with E-state index in [1.165, 1.54) is 0 Å². The summed E-state index contributed by atoms with van der Waals surface area (Å²) in [5.41, 5.74) is 1.27. The van der Waals surface area contributed by atoms with E-state index in [-0.39, 0.29) is 17.4 Å². The van der Waals surface area contributed by atoms with E-state index >= 15 is 0 Å². The summed E-state index contributed by atoms with van der Waals surface area (Å²) in [5, 5.41) is 6.42. The number of hydrogen-bond donors (Lipinski definition) is 1. The monoisotopic (exact) mass is 319 g/mol. The molecule has 2 heterocycles. The van der Waals surface area contributed by atoms with Gasteiger partial charge >= 0.3 is 0 Å². The Morgan fingerprint density at radius 2 is 2.20 bits per heavy atom. The number of aryl methyl sites for hydroxylation is 2. The summed E-state index contributed by atoms with van der Waals surface area (Å²) in [6.45, 7) is 4.44. The van der Waals surface area contributed by atoms with E-state index in [2.05, 4.69) is 10.4 Å². The third-order valence-corrected chi connectivity index (χ3v) is 5.70. The molecule has 2 unspecified atom stereocenters. The van der Waals surface area contributed by atoms with E-state index in [9.17, 15) is 13.2 Å². The van der Waals surface area contributed by atoms with Crippen molar-refractivity contribution in [3.05, 3.63) is 17.5 Å². The Hall–Kier alpha value is -1.08. The lowest BCUT2D eigenvalue weighted by Gasteiger charge is -2.14. The van der Waals surface area contributed by atoms with Gasteiger partial charge in [-0.25, -0.2) is 8.42 Å². The van der Waals surface area contributed by atoms with Gasteiger partial charge in [-0.2, -0.15) is 5.10 Å². The zero-order valence-electron chi connectivity index (χ0n) is 11.5. The molecule has 1 aromatic heterocycles. The van der Waals surface area contributed by atoms with Gasteiger partial charge in [-0.3, -0.25) is 9.48 Å². The number of amides is 1. The van der Waals surface area contributed by atoms with E-state index in [1.54, 1.807) is 10.7 Å². The van der Waals surface area contributed by atoms with Crippen molar-refractivity contribution >= 4 is 27.3 Å². The fourth-order valence-corrected chi connectivity index (χ4v) is 4.80. The number of carbonyl (C=O) groups excluding carboxylic acids is 1. The average Bonchev–Trinajstić information content (AvgIpc) is 2.90. The fourth-order valence-electron chi connectivity index (χ4n) is 2.25. The summed E-state index contributed by atoms with van der Waals surface area (Å²) in [7, 11) is -3.16. The van der Waals surface area contributed by atoms with Crippen LogP contribution in [0.3, 0.4) is 0 Å². The molecule has 2 rings (SSSR count). The van der Waals surface area contributed by atoms with Crippen molar-refractivity contribution in [2.24, 2.45) is 0 Å². The number of halogens is 1. The molecule has 0 aromatic carbocycles. The van der Waals surface area contributed by atoms with Crippen LogP contribution >= 0.6 is 11.6 Å². The van der Waals surface area contributed by atoms with E-state index in [0.717, 1.165) is 12.1 Å². The van der Waals surface area contributed by atoms with Crippen molar-refractivity contribution < 1.29 is 13.2 Å². The summed E-state index contributed by atoms with van der Waals surface area (Å²) in [5.74, 6) is -0.521. The Morgan fingerprint density at radius 3 is 2.70 bits per heavy atom. The van der Waals surface area contributed by atoms with Crippen molar-refractivity contribution in [1.29, 1.82) is 0 Å². The standard InChI is InChI=1S/C12H18ClN3O3S/c1-3-8-5-11(16(4-2)15-8)12(17)14-10-7-20(18,19)6-9(10)13/h5,9-10H,3-4,6-7H2,1-2H3,(H,14,17). The Bertz CT molecular complexity index is 611. The van der Waals surface area contributed by atoms with Crippen LogP contribution in [0.2, 0.25) is 0 Å². The molecule has 0 bridgehead atoms. The number of sulfone groups is 1. The number of rotatable bonds is 4. The van der Waals surface area contributed by atoms with Gasteiger partial charge in [0.25, 0.3) is 5.91 Å². The maximum absolute atomic E-state index is 12.2. The lowest BCUT2D eigenvalue weighted by molar-refractivity contribution is 0.0931. The summed E-state index contributed by atoms with van der Waals surface area (Å²) in [4.78, 5) is 12.2. The first-order valence-corrected chi connectivity index (χ1v) is 8.84. The van der Waals surface area contributed by atoms with Crippen molar-refractivity contribution in [2.75, 3.05) is 11.5 Å². The van der Waals surface area contributed by atoms with Crippen LogP contribution in [0.25, 0.3) is 0 Å².